The normalized spacial score (nSPS) is 11.3. The van der Waals surface area contributed by atoms with Crippen LogP contribution in [0.3, 0.4) is 0 Å². The van der Waals surface area contributed by atoms with Crippen LogP contribution in [0.5, 0.6) is 5.75 Å². The number of ether oxygens (including phenoxy) is 1. The predicted octanol–water partition coefficient (Wildman–Crippen LogP) is 5.43. The van der Waals surface area contributed by atoms with Crippen molar-refractivity contribution < 1.29 is 9.53 Å². The highest BCUT2D eigenvalue weighted by atomic mass is 35.5. The standard InChI is InChI=1S/C23H17ClN4O2S/c1-30-20-11-10-14(24)12-18(20)25-21(29)13-31-23-27-16-7-3-2-6-15(16)22-26-17-8-4-5-9-19(17)28(22)23/h2-12H,13H2,1H3,(H,25,29). The molecule has 154 valence electrons. The van der Waals surface area contributed by atoms with Gasteiger partial charge in [0.2, 0.25) is 5.91 Å². The lowest BCUT2D eigenvalue weighted by Gasteiger charge is -2.11. The molecule has 0 fully saturated rings. The van der Waals surface area contributed by atoms with Crippen molar-refractivity contribution in [2.45, 2.75) is 5.16 Å². The Hall–Kier alpha value is -3.29. The maximum Gasteiger partial charge on any atom is 0.234 e. The van der Waals surface area contributed by atoms with Crippen LogP contribution in [0.4, 0.5) is 5.69 Å². The molecule has 2 heterocycles. The Kier molecular flexibility index (Phi) is 5.13. The van der Waals surface area contributed by atoms with Crippen LogP contribution in [-0.4, -0.2) is 33.1 Å². The molecule has 0 bridgehead atoms. The van der Waals surface area contributed by atoms with E-state index in [0.29, 0.717) is 21.6 Å². The first kappa shape index (κ1) is 19.7. The second-order valence-corrected chi connectivity index (χ2v) is 8.23. The van der Waals surface area contributed by atoms with Crippen molar-refractivity contribution in [1.29, 1.82) is 0 Å². The highest BCUT2D eigenvalue weighted by molar-refractivity contribution is 7.99. The van der Waals surface area contributed by atoms with Crippen molar-refractivity contribution in [3.8, 4) is 5.75 Å². The third-order valence-electron chi connectivity index (χ3n) is 4.88. The van der Waals surface area contributed by atoms with E-state index in [1.807, 2.05) is 52.9 Å². The van der Waals surface area contributed by atoms with E-state index in [9.17, 15) is 4.79 Å². The van der Waals surface area contributed by atoms with Gasteiger partial charge in [-0.2, -0.15) is 0 Å². The number of carbonyl (C=O) groups excluding carboxylic acids is 1. The zero-order chi connectivity index (χ0) is 21.4. The van der Waals surface area contributed by atoms with Crippen LogP contribution in [0, 0.1) is 0 Å². The van der Waals surface area contributed by atoms with Crippen LogP contribution in [0.2, 0.25) is 5.02 Å². The predicted molar refractivity (Wildman–Crippen MR) is 125 cm³/mol. The fourth-order valence-electron chi connectivity index (χ4n) is 3.50. The third kappa shape index (κ3) is 3.66. The minimum absolute atomic E-state index is 0.169. The first-order valence-corrected chi connectivity index (χ1v) is 10.9. The lowest BCUT2D eigenvalue weighted by molar-refractivity contribution is -0.113. The van der Waals surface area contributed by atoms with E-state index in [2.05, 4.69) is 5.32 Å². The molecule has 0 atom stereocenters. The molecule has 5 rings (SSSR count). The van der Waals surface area contributed by atoms with Gasteiger partial charge in [0.05, 0.1) is 35.1 Å². The van der Waals surface area contributed by atoms with Crippen molar-refractivity contribution in [2.75, 3.05) is 18.2 Å². The smallest absolute Gasteiger partial charge is 0.234 e. The topological polar surface area (TPSA) is 68.5 Å². The maximum absolute atomic E-state index is 12.7. The number of carbonyl (C=O) groups is 1. The summed E-state index contributed by atoms with van der Waals surface area (Å²) in [6.07, 6.45) is 0. The number of amides is 1. The molecule has 0 aliphatic heterocycles. The summed E-state index contributed by atoms with van der Waals surface area (Å²) in [5.74, 6) is 0.537. The molecular weight excluding hydrogens is 432 g/mol. The van der Waals surface area contributed by atoms with Gasteiger partial charge in [0.15, 0.2) is 5.16 Å². The molecular formula is C23H17ClN4O2S. The van der Waals surface area contributed by atoms with Gasteiger partial charge in [-0.15, -0.1) is 0 Å². The van der Waals surface area contributed by atoms with E-state index in [0.717, 1.165) is 27.6 Å². The number of fused-ring (bicyclic) bond motifs is 5. The van der Waals surface area contributed by atoms with Crippen molar-refractivity contribution in [3.05, 3.63) is 71.8 Å². The van der Waals surface area contributed by atoms with Gasteiger partial charge in [0, 0.05) is 10.4 Å². The Morgan fingerprint density at radius 3 is 2.68 bits per heavy atom. The van der Waals surface area contributed by atoms with Crippen molar-refractivity contribution in [2.24, 2.45) is 0 Å². The van der Waals surface area contributed by atoms with Crippen LogP contribution >= 0.6 is 23.4 Å². The molecule has 0 unspecified atom stereocenters. The van der Waals surface area contributed by atoms with Gasteiger partial charge >= 0.3 is 0 Å². The molecule has 1 amide bonds. The molecule has 0 saturated carbocycles. The summed E-state index contributed by atoms with van der Waals surface area (Å²) in [5, 5.41) is 5.06. The van der Waals surface area contributed by atoms with Crippen LogP contribution in [-0.2, 0) is 4.79 Å². The second kappa shape index (κ2) is 8.09. The van der Waals surface area contributed by atoms with Gasteiger partial charge in [-0.25, -0.2) is 9.97 Å². The molecule has 1 N–H and O–H groups in total. The van der Waals surface area contributed by atoms with Gasteiger partial charge in [-0.05, 0) is 42.5 Å². The lowest BCUT2D eigenvalue weighted by atomic mass is 10.2. The van der Waals surface area contributed by atoms with Gasteiger partial charge < -0.3 is 10.1 Å². The number of hydrogen-bond acceptors (Lipinski definition) is 5. The van der Waals surface area contributed by atoms with Crippen molar-refractivity contribution in [1.82, 2.24) is 14.4 Å². The zero-order valence-electron chi connectivity index (χ0n) is 16.5. The number of thioether (sulfide) groups is 1. The minimum atomic E-state index is -0.182. The zero-order valence-corrected chi connectivity index (χ0v) is 18.1. The fourth-order valence-corrected chi connectivity index (χ4v) is 4.49. The van der Waals surface area contributed by atoms with E-state index < -0.39 is 0 Å². The van der Waals surface area contributed by atoms with Gasteiger partial charge in [-0.1, -0.05) is 47.6 Å². The quantitative estimate of drug-likeness (QED) is 0.287. The summed E-state index contributed by atoms with van der Waals surface area (Å²) in [4.78, 5) is 22.3. The molecule has 2 aromatic heterocycles. The van der Waals surface area contributed by atoms with E-state index in [1.54, 1.807) is 25.3 Å². The summed E-state index contributed by atoms with van der Waals surface area (Å²) in [5.41, 5.74) is 4.03. The highest BCUT2D eigenvalue weighted by Crippen LogP contribution is 2.30. The van der Waals surface area contributed by atoms with Crippen LogP contribution in [0.15, 0.2) is 71.9 Å². The van der Waals surface area contributed by atoms with Crippen LogP contribution < -0.4 is 10.1 Å². The Morgan fingerprint density at radius 1 is 1.06 bits per heavy atom. The van der Waals surface area contributed by atoms with Gasteiger partial charge in [-0.3, -0.25) is 9.20 Å². The molecule has 0 radical (unpaired) electrons. The van der Waals surface area contributed by atoms with E-state index in [1.165, 1.54) is 11.8 Å². The average molecular weight is 449 g/mol. The number of halogens is 1. The monoisotopic (exact) mass is 448 g/mol. The molecule has 31 heavy (non-hydrogen) atoms. The Balaban J connectivity index is 1.50. The molecule has 5 aromatic rings. The number of methoxy groups -OCH3 is 1. The summed E-state index contributed by atoms with van der Waals surface area (Å²) in [7, 11) is 1.55. The molecule has 6 nitrogen and oxygen atoms in total. The maximum atomic E-state index is 12.7. The number of nitrogens with zero attached hydrogens (tertiary/aromatic N) is 3. The first-order valence-electron chi connectivity index (χ1n) is 9.56. The van der Waals surface area contributed by atoms with Crippen molar-refractivity contribution in [3.63, 3.8) is 0 Å². The molecule has 0 aliphatic rings. The summed E-state index contributed by atoms with van der Waals surface area (Å²) < 4.78 is 7.31. The Labute approximate surface area is 187 Å². The number of anilines is 1. The average Bonchev–Trinajstić information content (AvgIpc) is 3.18. The van der Waals surface area contributed by atoms with E-state index in [-0.39, 0.29) is 11.7 Å². The van der Waals surface area contributed by atoms with Gasteiger partial charge in [0.25, 0.3) is 0 Å². The molecule has 0 spiro atoms. The lowest BCUT2D eigenvalue weighted by Crippen LogP contribution is -2.15. The molecule has 3 aromatic carbocycles. The summed E-state index contributed by atoms with van der Waals surface area (Å²) in [6.45, 7) is 0. The van der Waals surface area contributed by atoms with E-state index in [4.69, 9.17) is 26.3 Å². The molecule has 8 heteroatoms. The summed E-state index contributed by atoms with van der Waals surface area (Å²) >= 11 is 7.42. The number of hydrogen-bond donors (Lipinski definition) is 1. The van der Waals surface area contributed by atoms with Crippen LogP contribution in [0.25, 0.3) is 27.6 Å². The van der Waals surface area contributed by atoms with Crippen LogP contribution in [0.1, 0.15) is 0 Å². The largest absolute Gasteiger partial charge is 0.495 e. The number of aromatic nitrogens is 3. The van der Waals surface area contributed by atoms with Gasteiger partial charge in [0.1, 0.15) is 11.4 Å². The van der Waals surface area contributed by atoms with Crippen molar-refractivity contribution >= 4 is 62.5 Å². The number of para-hydroxylation sites is 3. The number of rotatable bonds is 5. The number of nitrogens with one attached hydrogen (secondary N) is 1. The Bertz CT molecular complexity index is 1450. The number of benzene rings is 3. The fraction of sp³-hybridized carbons (Fsp3) is 0.0870. The van der Waals surface area contributed by atoms with E-state index >= 15 is 0 Å². The summed E-state index contributed by atoms with van der Waals surface area (Å²) in [6, 6.07) is 20.9. The highest BCUT2D eigenvalue weighted by Gasteiger charge is 2.16. The minimum Gasteiger partial charge on any atom is -0.495 e. The second-order valence-electron chi connectivity index (χ2n) is 6.85. The molecule has 0 saturated heterocycles. The first-order chi connectivity index (χ1) is 15.1. The SMILES string of the molecule is COc1ccc(Cl)cc1NC(=O)CSc1nc2ccccc2c2nc3ccccc3n12. The molecule has 0 aliphatic carbocycles. The Morgan fingerprint density at radius 2 is 1.84 bits per heavy atom. The number of imidazole rings is 1. The third-order valence-corrected chi connectivity index (χ3v) is 6.05.